The maximum Gasteiger partial charge on any atom is 0.252 e. The number of nitrogens with zero attached hydrogens (tertiary/aromatic N) is 5. The number of aromatic nitrogens is 2. The molecule has 4 rings (SSSR count). The highest BCUT2D eigenvalue weighted by atomic mass is 19.1. The smallest absolute Gasteiger partial charge is 0.252 e. The summed E-state index contributed by atoms with van der Waals surface area (Å²) in [4.78, 5) is 22.1. The van der Waals surface area contributed by atoms with Gasteiger partial charge in [0.2, 0.25) is 0 Å². The number of anilines is 1. The molecular weight excluding hydrogens is 429 g/mol. The average Bonchev–Trinajstić information content (AvgIpc) is 2.84. The highest BCUT2D eigenvalue weighted by Gasteiger charge is 2.36. The van der Waals surface area contributed by atoms with Crippen molar-refractivity contribution in [2.24, 2.45) is 7.05 Å². The molecular formula is C27H32FN5O. The minimum Gasteiger partial charge on any atom is -0.364 e. The van der Waals surface area contributed by atoms with Crippen LogP contribution in [0.25, 0.3) is 11.0 Å². The molecule has 1 aliphatic rings. The number of piperazine rings is 1. The van der Waals surface area contributed by atoms with Gasteiger partial charge in [-0.15, -0.1) is 0 Å². The first-order chi connectivity index (χ1) is 16.3. The number of halogens is 1. The van der Waals surface area contributed by atoms with Crippen LogP contribution in [-0.2, 0) is 7.05 Å². The molecule has 0 radical (unpaired) electrons. The minimum atomic E-state index is -0.163. The molecule has 2 aromatic heterocycles. The second-order valence-corrected chi connectivity index (χ2v) is 9.28. The second-order valence-electron chi connectivity index (χ2n) is 9.28. The molecule has 7 heteroatoms. The van der Waals surface area contributed by atoms with Crippen molar-refractivity contribution in [1.82, 2.24) is 14.5 Å². The molecule has 0 aliphatic carbocycles. The summed E-state index contributed by atoms with van der Waals surface area (Å²) in [6, 6.07) is 12.9. The standard InChI is InChI=1S/C27H32FN5O/c1-6-20-16-33(25-13-26(34)31(5)24-11-9-19(14-29)30-27(24)25)21(7-2)15-32(20)18(4)22-10-8-17(3)12-23(22)28/h8-13,18,20-21H,6-7,15-16H2,1-5H3/t18?,20-,21+/m1/s1. The third-order valence-electron chi connectivity index (χ3n) is 7.28. The van der Waals surface area contributed by atoms with Crippen LogP contribution in [-0.4, -0.2) is 39.6 Å². The molecule has 3 aromatic rings. The largest absolute Gasteiger partial charge is 0.364 e. The van der Waals surface area contributed by atoms with Crippen LogP contribution >= 0.6 is 0 Å². The number of hydrogen-bond donors (Lipinski definition) is 0. The number of aryl methyl sites for hydroxylation is 2. The van der Waals surface area contributed by atoms with Gasteiger partial charge >= 0.3 is 0 Å². The van der Waals surface area contributed by atoms with Crippen LogP contribution in [0.4, 0.5) is 10.1 Å². The van der Waals surface area contributed by atoms with Crippen LogP contribution in [0.15, 0.2) is 41.2 Å². The Hall–Kier alpha value is -3.24. The van der Waals surface area contributed by atoms with E-state index in [-0.39, 0.29) is 29.5 Å². The number of benzene rings is 1. The number of hydrogen-bond acceptors (Lipinski definition) is 5. The van der Waals surface area contributed by atoms with Crippen molar-refractivity contribution in [3.8, 4) is 6.07 Å². The molecule has 0 bridgehead atoms. The fourth-order valence-electron chi connectivity index (χ4n) is 5.20. The predicted octanol–water partition coefficient (Wildman–Crippen LogP) is 4.69. The fraction of sp³-hybridized carbons (Fsp3) is 0.444. The Morgan fingerprint density at radius 1 is 1.15 bits per heavy atom. The van der Waals surface area contributed by atoms with E-state index in [0.717, 1.165) is 30.6 Å². The van der Waals surface area contributed by atoms with Crippen LogP contribution in [0.5, 0.6) is 0 Å². The van der Waals surface area contributed by atoms with E-state index in [4.69, 9.17) is 0 Å². The molecule has 0 spiro atoms. The predicted molar refractivity (Wildman–Crippen MR) is 133 cm³/mol. The van der Waals surface area contributed by atoms with Crippen LogP contribution in [0.2, 0.25) is 0 Å². The molecule has 1 aromatic carbocycles. The summed E-state index contributed by atoms with van der Waals surface area (Å²) >= 11 is 0. The van der Waals surface area contributed by atoms with E-state index in [1.54, 1.807) is 35.9 Å². The van der Waals surface area contributed by atoms with Gasteiger partial charge in [-0.3, -0.25) is 9.69 Å². The lowest BCUT2D eigenvalue weighted by Gasteiger charge is -2.49. The van der Waals surface area contributed by atoms with Crippen molar-refractivity contribution in [1.29, 1.82) is 5.26 Å². The minimum absolute atomic E-state index is 0.0644. The Labute approximate surface area is 200 Å². The van der Waals surface area contributed by atoms with E-state index in [2.05, 4.69) is 41.6 Å². The van der Waals surface area contributed by atoms with Gasteiger partial charge in [-0.1, -0.05) is 26.0 Å². The van der Waals surface area contributed by atoms with Crippen molar-refractivity contribution >= 4 is 16.7 Å². The van der Waals surface area contributed by atoms with E-state index >= 15 is 0 Å². The SMILES string of the molecule is CC[C@H]1CN(C(C)c2ccc(C)cc2F)[C@H](CC)CN1c1cc(=O)n(C)c2ccc(C#N)nc12. The van der Waals surface area contributed by atoms with Gasteiger partial charge in [0.25, 0.3) is 5.56 Å². The Kier molecular flexibility index (Phi) is 6.72. The molecule has 1 unspecified atom stereocenters. The lowest BCUT2D eigenvalue weighted by Crippen LogP contribution is -2.59. The van der Waals surface area contributed by atoms with Crippen molar-refractivity contribution in [3.05, 3.63) is 69.4 Å². The van der Waals surface area contributed by atoms with Crippen LogP contribution in [0, 0.1) is 24.1 Å². The highest BCUT2D eigenvalue weighted by Crippen LogP contribution is 2.35. The van der Waals surface area contributed by atoms with Crippen molar-refractivity contribution < 1.29 is 4.39 Å². The maximum absolute atomic E-state index is 14.8. The summed E-state index contributed by atoms with van der Waals surface area (Å²) in [5.41, 5.74) is 4.01. The number of rotatable bonds is 5. The Bertz CT molecular complexity index is 1310. The molecule has 178 valence electrons. The van der Waals surface area contributed by atoms with Gasteiger partial charge in [0.05, 0.1) is 11.2 Å². The van der Waals surface area contributed by atoms with E-state index < -0.39 is 0 Å². The topological polar surface area (TPSA) is 65.2 Å². The lowest BCUT2D eigenvalue weighted by atomic mass is 9.96. The van der Waals surface area contributed by atoms with Gasteiger partial charge in [-0.2, -0.15) is 5.26 Å². The molecule has 3 heterocycles. The van der Waals surface area contributed by atoms with E-state index in [1.165, 1.54) is 0 Å². The molecule has 6 nitrogen and oxygen atoms in total. The van der Waals surface area contributed by atoms with Gasteiger partial charge < -0.3 is 9.47 Å². The normalized spacial score (nSPS) is 19.9. The molecule has 3 atom stereocenters. The van der Waals surface area contributed by atoms with Crippen molar-refractivity contribution in [2.45, 2.75) is 58.7 Å². The van der Waals surface area contributed by atoms with Crippen LogP contribution in [0.1, 0.15) is 56.5 Å². The van der Waals surface area contributed by atoms with Gasteiger partial charge in [-0.25, -0.2) is 9.37 Å². The molecule has 1 fully saturated rings. The van der Waals surface area contributed by atoms with Crippen LogP contribution < -0.4 is 10.5 Å². The van der Waals surface area contributed by atoms with Gasteiger partial charge in [0.1, 0.15) is 23.1 Å². The summed E-state index contributed by atoms with van der Waals surface area (Å²) in [6.07, 6.45) is 1.76. The summed E-state index contributed by atoms with van der Waals surface area (Å²) < 4.78 is 16.4. The molecule has 0 saturated carbocycles. The van der Waals surface area contributed by atoms with Crippen molar-refractivity contribution in [2.75, 3.05) is 18.0 Å². The summed E-state index contributed by atoms with van der Waals surface area (Å²) in [5, 5.41) is 9.41. The molecule has 1 aliphatic heterocycles. The Morgan fingerprint density at radius 3 is 2.53 bits per heavy atom. The second kappa shape index (κ2) is 9.55. The summed E-state index contributed by atoms with van der Waals surface area (Å²) in [6.45, 7) is 9.71. The zero-order valence-corrected chi connectivity index (χ0v) is 20.5. The van der Waals surface area contributed by atoms with E-state index in [1.807, 2.05) is 19.1 Å². The molecule has 0 N–H and O–H groups in total. The monoisotopic (exact) mass is 461 g/mol. The van der Waals surface area contributed by atoms with Gasteiger partial charge in [-0.05, 0) is 50.5 Å². The Balaban J connectivity index is 1.76. The third kappa shape index (κ3) is 4.19. The van der Waals surface area contributed by atoms with E-state index in [9.17, 15) is 14.4 Å². The average molecular weight is 462 g/mol. The highest BCUT2D eigenvalue weighted by molar-refractivity contribution is 5.89. The molecule has 0 amide bonds. The van der Waals surface area contributed by atoms with E-state index in [0.29, 0.717) is 28.8 Å². The fourth-order valence-corrected chi connectivity index (χ4v) is 5.20. The zero-order chi connectivity index (χ0) is 24.6. The van der Waals surface area contributed by atoms with Crippen LogP contribution in [0.3, 0.4) is 0 Å². The number of nitriles is 1. The summed E-state index contributed by atoms with van der Waals surface area (Å²) in [5.74, 6) is -0.163. The summed E-state index contributed by atoms with van der Waals surface area (Å²) in [7, 11) is 1.73. The number of fused-ring (bicyclic) bond motifs is 1. The first-order valence-electron chi connectivity index (χ1n) is 12.0. The Morgan fingerprint density at radius 2 is 1.88 bits per heavy atom. The van der Waals surface area contributed by atoms with Gasteiger partial charge in [0, 0.05) is 49.9 Å². The maximum atomic E-state index is 14.8. The first-order valence-corrected chi connectivity index (χ1v) is 12.0. The van der Waals surface area contributed by atoms with Crippen molar-refractivity contribution in [3.63, 3.8) is 0 Å². The molecule has 1 saturated heterocycles. The first kappa shape index (κ1) is 23.9. The molecule has 34 heavy (non-hydrogen) atoms. The zero-order valence-electron chi connectivity index (χ0n) is 20.5. The van der Waals surface area contributed by atoms with Gasteiger partial charge in [0.15, 0.2) is 0 Å². The third-order valence-corrected chi connectivity index (χ3v) is 7.28. The lowest BCUT2D eigenvalue weighted by molar-refractivity contribution is 0.0993. The quantitative estimate of drug-likeness (QED) is 0.551. The number of pyridine rings is 2.